The van der Waals surface area contributed by atoms with Crippen molar-refractivity contribution in [1.29, 1.82) is 0 Å². The van der Waals surface area contributed by atoms with Gasteiger partial charge in [0.25, 0.3) is 0 Å². The van der Waals surface area contributed by atoms with Crippen LogP contribution >= 0.6 is 11.6 Å². The Morgan fingerprint density at radius 2 is 1.81 bits per heavy atom. The average molecular weight is 307 g/mol. The van der Waals surface area contributed by atoms with Crippen LogP contribution in [0.4, 0.5) is 0 Å². The van der Waals surface area contributed by atoms with Crippen molar-refractivity contribution in [2.24, 2.45) is 0 Å². The van der Waals surface area contributed by atoms with Crippen molar-refractivity contribution in [2.75, 3.05) is 6.54 Å². The molecule has 0 aromatic heterocycles. The highest BCUT2D eigenvalue weighted by molar-refractivity contribution is 6.30. The lowest BCUT2D eigenvalue weighted by molar-refractivity contribution is 0.101. The van der Waals surface area contributed by atoms with E-state index < -0.39 is 0 Å². The van der Waals surface area contributed by atoms with Gasteiger partial charge in [0.2, 0.25) is 0 Å². The lowest BCUT2D eigenvalue weighted by Crippen LogP contribution is -2.49. The molecule has 2 aliphatic rings. The lowest BCUT2D eigenvalue weighted by Gasteiger charge is -2.41. The molecule has 3 atom stereocenters. The second kappa shape index (κ2) is 6.68. The molecule has 0 saturated carbocycles. The Bertz CT molecular complexity index is 447. The molecular formula is C18H27ClN2. The fourth-order valence-corrected chi connectivity index (χ4v) is 4.31. The molecule has 1 aromatic rings. The van der Waals surface area contributed by atoms with Crippen LogP contribution in [0.5, 0.6) is 0 Å². The maximum atomic E-state index is 6.03. The Hall–Kier alpha value is -0.570. The molecule has 1 N–H and O–H groups in total. The fourth-order valence-electron chi connectivity index (χ4n) is 4.18. The van der Waals surface area contributed by atoms with Gasteiger partial charge in [-0.3, -0.25) is 4.90 Å². The van der Waals surface area contributed by atoms with Crippen molar-refractivity contribution < 1.29 is 0 Å². The number of nitrogens with one attached hydrogen (secondary N) is 1. The van der Waals surface area contributed by atoms with E-state index in [4.69, 9.17) is 11.6 Å². The second-order valence-electron chi connectivity index (χ2n) is 6.73. The largest absolute Gasteiger partial charge is 0.311 e. The van der Waals surface area contributed by atoms with Crippen LogP contribution < -0.4 is 5.32 Å². The number of hydrogen-bond donors (Lipinski definition) is 1. The van der Waals surface area contributed by atoms with Gasteiger partial charge in [0.1, 0.15) is 0 Å². The van der Waals surface area contributed by atoms with Crippen molar-refractivity contribution in [3.63, 3.8) is 0 Å². The first kappa shape index (κ1) is 15.3. The predicted molar refractivity (Wildman–Crippen MR) is 89.8 cm³/mol. The Balaban J connectivity index is 1.75. The summed E-state index contributed by atoms with van der Waals surface area (Å²) >= 11 is 6.03. The molecule has 0 amide bonds. The van der Waals surface area contributed by atoms with Gasteiger partial charge in [0.05, 0.1) is 0 Å². The monoisotopic (exact) mass is 306 g/mol. The summed E-state index contributed by atoms with van der Waals surface area (Å²) in [6, 6.07) is 11.1. The van der Waals surface area contributed by atoms with Gasteiger partial charge < -0.3 is 5.32 Å². The van der Waals surface area contributed by atoms with Crippen molar-refractivity contribution >= 4 is 11.6 Å². The highest BCUT2D eigenvalue weighted by atomic mass is 35.5. The topological polar surface area (TPSA) is 15.3 Å². The minimum absolute atomic E-state index is 0.477. The summed E-state index contributed by atoms with van der Waals surface area (Å²) in [6.07, 6.45) is 6.59. The van der Waals surface area contributed by atoms with Crippen molar-refractivity contribution in [3.05, 3.63) is 34.9 Å². The normalized spacial score (nSPS) is 29.8. The molecule has 3 unspecified atom stereocenters. The maximum Gasteiger partial charge on any atom is 0.0406 e. The number of rotatable bonds is 5. The zero-order chi connectivity index (χ0) is 14.8. The molecule has 1 aromatic carbocycles. The molecule has 2 nitrogen and oxygen atoms in total. The summed E-state index contributed by atoms with van der Waals surface area (Å²) in [7, 11) is 0. The summed E-state index contributed by atoms with van der Waals surface area (Å²) in [5.74, 6) is 0. The van der Waals surface area contributed by atoms with Gasteiger partial charge >= 0.3 is 0 Å². The van der Waals surface area contributed by atoms with E-state index in [1.54, 1.807) is 0 Å². The summed E-state index contributed by atoms with van der Waals surface area (Å²) in [5.41, 5.74) is 1.39. The Morgan fingerprint density at radius 3 is 2.38 bits per heavy atom. The van der Waals surface area contributed by atoms with E-state index in [1.807, 2.05) is 12.1 Å². The number of nitrogens with zero attached hydrogens (tertiary/aromatic N) is 1. The van der Waals surface area contributed by atoms with Crippen LogP contribution in [-0.4, -0.2) is 29.6 Å². The molecular weight excluding hydrogens is 280 g/mol. The van der Waals surface area contributed by atoms with E-state index >= 15 is 0 Å². The van der Waals surface area contributed by atoms with E-state index in [0.29, 0.717) is 6.04 Å². The molecule has 3 rings (SSSR count). The number of hydrogen-bond acceptors (Lipinski definition) is 2. The van der Waals surface area contributed by atoms with Crippen LogP contribution in [0.25, 0.3) is 0 Å². The van der Waals surface area contributed by atoms with Crippen LogP contribution in [0, 0.1) is 0 Å². The molecule has 116 valence electrons. The van der Waals surface area contributed by atoms with Crippen LogP contribution in [-0.2, 0) is 0 Å². The van der Waals surface area contributed by atoms with Crippen LogP contribution in [0.2, 0.25) is 5.02 Å². The van der Waals surface area contributed by atoms with Crippen molar-refractivity contribution in [2.45, 2.75) is 70.1 Å². The summed E-state index contributed by atoms with van der Waals surface area (Å²) in [6.45, 7) is 5.83. The number of halogens is 1. The average Bonchev–Trinajstić information content (AvgIpc) is 2.83. The first-order valence-electron chi connectivity index (χ1n) is 8.44. The minimum atomic E-state index is 0.477. The van der Waals surface area contributed by atoms with Gasteiger partial charge in [0, 0.05) is 29.2 Å². The minimum Gasteiger partial charge on any atom is -0.311 e. The Morgan fingerprint density at radius 1 is 1.19 bits per heavy atom. The Kier molecular flexibility index (Phi) is 4.88. The first-order chi connectivity index (χ1) is 10.2. The SMILES string of the molecule is CCCN(C1CC2CCC(C1)N2)C(C)c1ccc(Cl)cc1. The first-order valence-corrected chi connectivity index (χ1v) is 8.82. The zero-order valence-electron chi connectivity index (χ0n) is 13.2. The smallest absolute Gasteiger partial charge is 0.0406 e. The van der Waals surface area contributed by atoms with Gasteiger partial charge in [-0.1, -0.05) is 30.7 Å². The standard InChI is InChI=1S/C18H27ClN2/c1-3-10-21(13(2)14-4-6-15(19)7-5-14)18-11-16-8-9-17(12-18)20-16/h4-7,13,16-18,20H,3,8-12H2,1-2H3. The highest BCUT2D eigenvalue weighted by Gasteiger charge is 2.37. The summed E-state index contributed by atoms with van der Waals surface area (Å²) < 4.78 is 0. The quantitative estimate of drug-likeness (QED) is 0.867. The van der Waals surface area contributed by atoms with Crippen LogP contribution in [0.15, 0.2) is 24.3 Å². The molecule has 21 heavy (non-hydrogen) atoms. The Labute approximate surface area is 133 Å². The van der Waals surface area contributed by atoms with Gasteiger partial charge in [-0.15, -0.1) is 0 Å². The molecule has 2 saturated heterocycles. The molecule has 0 aliphatic carbocycles. The van der Waals surface area contributed by atoms with E-state index in [9.17, 15) is 0 Å². The van der Waals surface area contributed by atoms with Crippen LogP contribution in [0.1, 0.15) is 57.6 Å². The van der Waals surface area contributed by atoms with Crippen molar-refractivity contribution in [1.82, 2.24) is 10.2 Å². The molecule has 2 heterocycles. The van der Waals surface area contributed by atoms with Gasteiger partial charge in [-0.05, 0) is 63.3 Å². The molecule has 2 fully saturated rings. The molecule has 0 spiro atoms. The lowest BCUT2D eigenvalue weighted by atomic mass is 9.95. The van der Waals surface area contributed by atoms with Gasteiger partial charge in [-0.2, -0.15) is 0 Å². The summed E-state index contributed by atoms with van der Waals surface area (Å²) in [4.78, 5) is 2.73. The predicted octanol–water partition coefficient (Wildman–Crippen LogP) is 4.40. The molecule has 3 heteroatoms. The number of benzene rings is 1. The highest BCUT2D eigenvalue weighted by Crippen LogP contribution is 2.34. The van der Waals surface area contributed by atoms with E-state index in [-0.39, 0.29) is 0 Å². The number of piperidine rings is 1. The van der Waals surface area contributed by atoms with E-state index in [0.717, 1.165) is 23.1 Å². The van der Waals surface area contributed by atoms with Gasteiger partial charge in [-0.25, -0.2) is 0 Å². The summed E-state index contributed by atoms with van der Waals surface area (Å²) in [5, 5.41) is 4.59. The van der Waals surface area contributed by atoms with E-state index in [2.05, 4.69) is 36.2 Å². The third-order valence-corrected chi connectivity index (χ3v) is 5.50. The van der Waals surface area contributed by atoms with Crippen molar-refractivity contribution in [3.8, 4) is 0 Å². The third kappa shape index (κ3) is 3.44. The van der Waals surface area contributed by atoms with Crippen LogP contribution in [0.3, 0.4) is 0 Å². The van der Waals surface area contributed by atoms with E-state index in [1.165, 1.54) is 44.2 Å². The molecule has 2 aliphatic heterocycles. The molecule has 0 radical (unpaired) electrons. The molecule has 2 bridgehead atoms. The second-order valence-corrected chi connectivity index (χ2v) is 7.16. The maximum absolute atomic E-state index is 6.03. The number of fused-ring (bicyclic) bond motifs is 2. The van der Waals surface area contributed by atoms with Gasteiger partial charge in [0.15, 0.2) is 0 Å². The zero-order valence-corrected chi connectivity index (χ0v) is 13.9. The fraction of sp³-hybridized carbons (Fsp3) is 0.667. The third-order valence-electron chi connectivity index (χ3n) is 5.25.